The molecule has 6 nitrogen and oxygen atoms in total. The first-order chi connectivity index (χ1) is 13.1. The van der Waals surface area contributed by atoms with E-state index in [0.717, 1.165) is 17.7 Å². The van der Waals surface area contributed by atoms with Gasteiger partial charge in [0.2, 0.25) is 0 Å². The van der Waals surface area contributed by atoms with Gasteiger partial charge in [-0.3, -0.25) is 14.6 Å². The lowest BCUT2D eigenvalue weighted by molar-refractivity contribution is -0.122. The van der Waals surface area contributed by atoms with Crippen molar-refractivity contribution in [2.24, 2.45) is 5.41 Å². The molecule has 1 spiro atoms. The molecule has 0 radical (unpaired) electrons. The molecular weight excluding hydrogens is 342 g/mol. The van der Waals surface area contributed by atoms with E-state index in [1.807, 2.05) is 42.2 Å². The fourth-order valence-corrected chi connectivity index (χ4v) is 3.98. The fraction of sp³-hybridized carbons (Fsp3) is 0.381. The van der Waals surface area contributed by atoms with Gasteiger partial charge in [-0.25, -0.2) is 0 Å². The molecule has 1 aromatic heterocycles. The molecule has 2 aliphatic heterocycles. The lowest BCUT2D eigenvalue weighted by Crippen LogP contribution is -2.43. The van der Waals surface area contributed by atoms with Gasteiger partial charge in [0.05, 0.1) is 6.61 Å². The molecule has 4 rings (SSSR count). The second kappa shape index (κ2) is 7.12. The van der Waals surface area contributed by atoms with Gasteiger partial charge in [-0.15, -0.1) is 0 Å². The molecule has 2 aromatic rings. The Morgan fingerprint density at radius 3 is 2.78 bits per heavy atom. The topological polar surface area (TPSA) is 62.7 Å². The van der Waals surface area contributed by atoms with Crippen molar-refractivity contribution in [2.75, 3.05) is 37.7 Å². The number of aromatic nitrogens is 1. The zero-order valence-electron chi connectivity index (χ0n) is 15.4. The Labute approximate surface area is 158 Å². The van der Waals surface area contributed by atoms with Gasteiger partial charge in [0.1, 0.15) is 6.61 Å². The summed E-state index contributed by atoms with van der Waals surface area (Å²) < 4.78 is 5.71. The van der Waals surface area contributed by atoms with Crippen LogP contribution in [0.25, 0.3) is 0 Å². The zero-order chi connectivity index (χ0) is 18.9. The van der Waals surface area contributed by atoms with Gasteiger partial charge in [0.25, 0.3) is 11.8 Å². The number of pyridine rings is 1. The fourth-order valence-electron chi connectivity index (χ4n) is 3.98. The van der Waals surface area contributed by atoms with Crippen LogP contribution >= 0.6 is 0 Å². The minimum atomic E-state index is -0.238. The summed E-state index contributed by atoms with van der Waals surface area (Å²) in [4.78, 5) is 33.3. The molecular formula is C21H23N3O3. The van der Waals surface area contributed by atoms with Gasteiger partial charge >= 0.3 is 0 Å². The highest BCUT2D eigenvalue weighted by Crippen LogP contribution is 2.36. The molecule has 2 saturated heterocycles. The van der Waals surface area contributed by atoms with E-state index in [0.29, 0.717) is 31.8 Å². The average molecular weight is 365 g/mol. The van der Waals surface area contributed by atoms with Crippen LogP contribution in [0.4, 0.5) is 5.69 Å². The number of rotatable bonds is 2. The van der Waals surface area contributed by atoms with Crippen LogP contribution in [-0.4, -0.2) is 54.5 Å². The maximum absolute atomic E-state index is 13.0. The number of aryl methyl sites for hydroxylation is 1. The standard InChI is InChI=1S/C21H23N3O3/c1-16-11-22-9-7-18(16)20(26)23-10-8-21(13-23)14-24(19(25)12-27-15-21)17-5-3-2-4-6-17/h2-7,9,11H,8,10,12-15H2,1H3. The Hall–Kier alpha value is -2.73. The molecule has 1 aromatic carbocycles. The van der Waals surface area contributed by atoms with E-state index in [4.69, 9.17) is 4.74 Å². The smallest absolute Gasteiger partial charge is 0.254 e. The van der Waals surface area contributed by atoms with Crippen LogP contribution < -0.4 is 4.90 Å². The van der Waals surface area contributed by atoms with Crippen molar-refractivity contribution in [2.45, 2.75) is 13.3 Å². The Bertz CT molecular complexity index is 855. The summed E-state index contributed by atoms with van der Waals surface area (Å²) in [6, 6.07) is 11.4. The maximum atomic E-state index is 13.0. The summed E-state index contributed by atoms with van der Waals surface area (Å²) >= 11 is 0. The zero-order valence-corrected chi connectivity index (χ0v) is 15.4. The van der Waals surface area contributed by atoms with E-state index in [1.165, 1.54) is 0 Å². The monoisotopic (exact) mass is 365 g/mol. The van der Waals surface area contributed by atoms with E-state index in [1.54, 1.807) is 23.4 Å². The van der Waals surface area contributed by atoms with Crippen LogP contribution in [-0.2, 0) is 9.53 Å². The normalized spacial score (nSPS) is 22.9. The number of carbonyl (C=O) groups excluding carboxylic acids is 2. The van der Waals surface area contributed by atoms with Crippen LogP contribution in [0.1, 0.15) is 22.3 Å². The average Bonchev–Trinajstić information content (AvgIpc) is 3.03. The number of benzene rings is 1. The van der Waals surface area contributed by atoms with Crippen molar-refractivity contribution in [3.05, 3.63) is 59.9 Å². The van der Waals surface area contributed by atoms with E-state index in [-0.39, 0.29) is 23.8 Å². The van der Waals surface area contributed by atoms with Crippen molar-refractivity contribution in [1.82, 2.24) is 9.88 Å². The Kier molecular flexibility index (Phi) is 4.66. The third-order valence-electron chi connectivity index (χ3n) is 5.47. The maximum Gasteiger partial charge on any atom is 0.254 e. The predicted molar refractivity (Wildman–Crippen MR) is 102 cm³/mol. The second-order valence-corrected chi connectivity index (χ2v) is 7.48. The van der Waals surface area contributed by atoms with E-state index >= 15 is 0 Å². The molecule has 6 heteroatoms. The van der Waals surface area contributed by atoms with Crippen LogP contribution in [0.15, 0.2) is 48.8 Å². The lowest BCUT2D eigenvalue weighted by Gasteiger charge is -2.32. The first-order valence-electron chi connectivity index (χ1n) is 9.21. The number of amides is 2. The number of hydrogen-bond donors (Lipinski definition) is 0. The summed E-state index contributed by atoms with van der Waals surface area (Å²) in [5.74, 6) is -0.0126. The predicted octanol–water partition coefficient (Wildman–Crippen LogP) is 2.29. The Morgan fingerprint density at radius 1 is 1.19 bits per heavy atom. The molecule has 140 valence electrons. The highest BCUT2D eigenvalue weighted by Gasteiger charge is 2.44. The van der Waals surface area contributed by atoms with E-state index < -0.39 is 0 Å². The number of hydrogen-bond acceptors (Lipinski definition) is 4. The first-order valence-corrected chi connectivity index (χ1v) is 9.21. The molecule has 0 aliphatic carbocycles. The van der Waals surface area contributed by atoms with Gasteiger partial charge in [-0.05, 0) is 37.1 Å². The molecule has 27 heavy (non-hydrogen) atoms. The van der Waals surface area contributed by atoms with Gasteiger partial charge in [0.15, 0.2) is 0 Å². The molecule has 3 heterocycles. The van der Waals surface area contributed by atoms with Gasteiger partial charge in [-0.1, -0.05) is 18.2 Å². The molecule has 0 bridgehead atoms. The molecule has 1 atom stereocenters. The minimum Gasteiger partial charge on any atom is -0.371 e. The number of anilines is 1. The molecule has 0 saturated carbocycles. The third-order valence-corrected chi connectivity index (χ3v) is 5.47. The minimum absolute atomic E-state index is 0.0219. The number of carbonyl (C=O) groups is 2. The summed E-state index contributed by atoms with van der Waals surface area (Å²) in [6.07, 6.45) is 4.18. The molecule has 0 N–H and O–H groups in total. The van der Waals surface area contributed by atoms with E-state index in [2.05, 4.69) is 4.98 Å². The molecule has 2 amide bonds. The Morgan fingerprint density at radius 2 is 2.00 bits per heavy atom. The third kappa shape index (κ3) is 3.45. The van der Waals surface area contributed by atoms with Crippen molar-refractivity contribution in [1.29, 1.82) is 0 Å². The number of ether oxygens (including phenoxy) is 1. The van der Waals surface area contributed by atoms with Crippen molar-refractivity contribution < 1.29 is 14.3 Å². The molecule has 2 fully saturated rings. The van der Waals surface area contributed by atoms with Crippen LogP contribution in [0.2, 0.25) is 0 Å². The van der Waals surface area contributed by atoms with Crippen molar-refractivity contribution >= 4 is 17.5 Å². The number of nitrogens with zero attached hydrogens (tertiary/aromatic N) is 3. The largest absolute Gasteiger partial charge is 0.371 e. The van der Waals surface area contributed by atoms with E-state index in [9.17, 15) is 9.59 Å². The summed E-state index contributed by atoms with van der Waals surface area (Å²) in [5.41, 5.74) is 2.20. The quantitative estimate of drug-likeness (QED) is 0.819. The molecule has 2 aliphatic rings. The Balaban J connectivity index is 1.56. The SMILES string of the molecule is Cc1cnccc1C(=O)N1CCC2(COCC(=O)N(c3ccccc3)C2)C1. The van der Waals surface area contributed by atoms with Crippen LogP contribution in [0, 0.1) is 12.3 Å². The highest BCUT2D eigenvalue weighted by atomic mass is 16.5. The second-order valence-electron chi connectivity index (χ2n) is 7.48. The highest BCUT2D eigenvalue weighted by molar-refractivity contribution is 5.96. The van der Waals surface area contributed by atoms with Gasteiger partial charge in [0, 0.05) is 48.7 Å². The number of para-hydroxylation sites is 1. The molecule has 1 unspecified atom stereocenters. The summed E-state index contributed by atoms with van der Waals surface area (Å²) in [5, 5.41) is 0. The van der Waals surface area contributed by atoms with Crippen LogP contribution in [0.3, 0.4) is 0 Å². The van der Waals surface area contributed by atoms with Gasteiger partial charge < -0.3 is 14.5 Å². The summed E-state index contributed by atoms with van der Waals surface area (Å²) in [7, 11) is 0. The van der Waals surface area contributed by atoms with Crippen molar-refractivity contribution in [3.8, 4) is 0 Å². The van der Waals surface area contributed by atoms with Gasteiger partial charge in [-0.2, -0.15) is 0 Å². The first kappa shape index (κ1) is 17.7. The van der Waals surface area contributed by atoms with Crippen LogP contribution in [0.5, 0.6) is 0 Å². The lowest BCUT2D eigenvalue weighted by atomic mass is 9.87. The number of likely N-dealkylation sites (tertiary alicyclic amines) is 1. The van der Waals surface area contributed by atoms with Crippen molar-refractivity contribution in [3.63, 3.8) is 0 Å². The summed E-state index contributed by atoms with van der Waals surface area (Å²) in [6.45, 7) is 4.28.